The van der Waals surface area contributed by atoms with Gasteiger partial charge in [0.05, 0.1) is 3.57 Å². The van der Waals surface area contributed by atoms with Gasteiger partial charge in [-0.05, 0) is 57.3 Å². The Bertz CT molecular complexity index is 1290. The van der Waals surface area contributed by atoms with Crippen LogP contribution in [0.15, 0.2) is 12.1 Å². The smallest absolute Gasteiger partial charge is 0.402 e. The Morgan fingerprint density at radius 1 is 0.912 bits per heavy atom. The molecule has 0 unspecified atom stereocenters. The molecule has 2 aromatic rings. The Hall–Kier alpha value is -1.87. The van der Waals surface area contributed by atoms with Gasteiger partial charge in [-0.1, -0.05) is 0 Å². The molecule has 0 atom stereocenters. The van der Waals surface area contributed by atoms with Crippen molar-refractivity contribution in [2.24, 2.45) is 0 Å². The van der Waals surface area contributed by atoms with E-state index >= 15 is 0 Å². The van der Waals surface area contributed by atoms with Crippen LogP contribution in [0.1, 0.15) is 26.3 Å². The largest absolute Gasteiger partial charge is 0.506 e. The first-order valence-corrected chi connectivity index (χ1v) is 11.8. The van der Waals surface area contributed by atoms with Gasteiger partial charge < -0.3 is 14.6 Å². The standard InChI is InChI=1S/C17H8F6I2O8S/c18-10-8(15(27)32-3-5-1-6(24)2-7(25)14(5)26)9(11(19)13(21)12(10)20)16(28)33-4-17(22,23)34(29,30)31/h1-2,26H,3-4H2,(H,29,30,31). The Kier molecular flexibility index (Phi) is 8.68. The van der Waals surface area contributed by atoms with Crippen LogP contribution in [0.3, 0.4) is 0 Å². The lowest BCUT2D eigenvalue weighted by atomic mass is 10.0. The van der Waals surface area contributed by atoms with Crippen molar-refractivity contribution in [1.82, 2.24) is 0 Å². The summed E-state index contributed by atoms with van der Waals surface area (Å²) in [5.74, 6) is -14.9. The molecule has 0 aliphatic rings. The van der Waals surface area contributed by atoms with E-state index in [-0.39, 0.29) is 11.3 Å². The number of hydrogen-bond acceptors (Lipinski definition) is 7. The second-order valence-electron chi connectivity index (χ2n) is 6.17. The maximum absolute atomic E-state index is 14.3. The van der Waals surface area contributed by atoms with Crippen molar-refractivity contribution in [1.29, 1.82) is 0 Å². The number of phenols is 1. The minimum Gasteiger partial charge on any atom is -0.506 e. The first-order chi connectivity index (χ1) is 15.5. The van der Waals surface area contributed by atoms with Crippen molar-refractivity contribution in [3.8, 4) is 5.75 Å². The molecule has 2 N–H and O–H groups in total. The van der Waals surface area contributed by atoms with Gasteiger partial charge in [0.25, 0.3) is 0 Å². The van der Waals surface area contributed by atoms with Gasteiger partial charge in [0, 0.05) is 9.13 Å². The number of carbonyl (C=O) groups is 2. The number of benzene rings is 2. The number of hydrogen-bond donors (Lipinski definition) is 2. The summed E-state index contributed by atoms with van der Waals surface area (Å²) >= 11 is 3.55. The molecule has 0 radical (unpaired) electrons. The Morgan fingerprint density at radius 2 is 1.38 bits per heavy atom. The van der Waals surface area contributed by atoms with Crippen molar-refractivity contribution in [2.75, 3.05) is 6.61 Å². The summed E-state index contributed by atoms with van der Waals surface area (Å²) in [6.07, 6.45) is 0. The Labute approximate surface area is 213 Å². The zero-order valence-corrected chi connectivity index (χ0v) is 21.0. The molecule has 0 fully saturated rings. The van der Waals surface area contributed by atoms with Crippen LogP contribution < -0.4 is 0 Å². The lowest BCUT2D eigenvalue weighted by Gasteiger charge is -2.16. The fourth-order valence-corrected chi connectivity index (χ4v) is 4.43. The number of aromatic hydroxyl groups is 1. The minimum absolute atomic E-state index is 0.0648. The van der Waals surface area contributed by atoms with Crippen LogP contribution in [0.5, 0.6) is 5.75 Å². The summed E-state index contributed by atoms with van der Waals surface area (Å²) in [4.78, 5) is 24.3. The normalized spacial score (nSPS) is 11.9. The molecule has 186 valence electrons. The molecule has 0 saturated heterocycles. The van der Waals surface area contributed by atoms with Gasteiger partial charge in [-0.15, -0.1) is 0 Å². The molecule has 2 aromatic carbocycles. The van der Waals surface area contributed by atoms with Crippen LogP contribution in [-0.2, 0) is 26.2 Å². The van der Waals surface area contributed by atoms with Crippen LogP contribution >= 0.6 is 45.2 Å². The highest BCUT2D eigenvalue weighted by Crippen LogP contribution is 2.30. The third-order valence-corrected chi connectivity index (χ3v) is 6.21. The summed E-state index contributed by atoms with van der Waals surface area (Å²) < 4.78 is 121. The summed E-state index contributed by atoms with van der Waals surface area (Å²) in [6.45, 7) is -3.29. The number of alkyl halides is 2. The molecule has 17 heteroatoms. The first kappa shape index (κ1) is 28.4. The van der Waals surface area contributed by atoms with E-state index in [1.807, 2.05) is 22.6 Å². The average Bonchev–Trinajstić information content (AvgIpc) is 2.73. The maximum atomic E-state index is 14.3. The van der Waals surface area contributed by atoms with Crippen molar-refractivity contribution in [2.45, 2.75) is 11.9 Å². The number of rotatable bonds is 7. The van der Waals surface area contributed by atoms with Gasteiger partial charge in [0.15, 0.2) is 29.9 Å². The molecule has 0 bridgehead atoms. The Balaban J connectivity index is 2.46. The highest BCUT2D eigenvalue weighted by Gasteiger charge is 2.46. The van der Waals surface area contributed by atoms with Crippen LogP contribution in [0, 0.1) is 30.4 Å². The van der Waals surface area contributed by atoms with Crippen molar-refractivity contribution < 1.29 is 63.5 Å². The summed E-state index contributed by atoms with van der Waals surface area (Å²) in [6, 6.07) is 2.82. The monoisotopic (exact) mass is 740 g/mol. The SMILES string of the molecule is O=C(OCc1cc(I)cc(I)c1O)c1c(F)c(F)c(F)c(F)c1C(=O)OCC(F)(F)S(=O)(=O)O. The van der Waals surface area contributed by atoms with E-state index in [1.54, 1.807) is 22.6 Å². The van der Waals surface area contributed by atoms with Gasteiger partial charge in [-0.2, -0.15) is 17.2 Å². The third-order valence-electron chi connectivity index (χ3n) is 3.89. The van der Waals surface area contributed by atoms with Gasteiger partial charge >= 0.3 is 27.3 Å². The van der Waals surface area contributed by atoms with Crippen molar-refractivity contribution >= 4 is 67.2 Å². The topological polar surface area (TPSA) is 127 Å². The number of phenolic OH excluding ortho intramolecular Hbond substituents is 1. The third kappa shape index (κ3) is 5.85. The highest BCUT2D eigenvalue weighted by atomic mass is 127. The van der Waals surface area contributed by atoms with E-state index in [4.69, 9.17) is 4.55 Å². The predicted octanol–water partition coefficient (Wildman–Crippen LogP) is 4.15. The van der Waals surface area contributed by atoms with Crippen molar-refractivity contribution in [3.05, 3.63) is 59.2 Å². The second-order valence-corrected chi connectivity index (χ2v) is 10.1. The maximum Gasteiger partial charge on any atom is 0.402 e. The zero-order chi connectivity index (χ0) is 26.2. The second kappa shape index (κ2) is 10.4. The average molecular weight is 740 g/mol. The van der Waals surface area contributed by atoms with E-state index in [1.165, 1.54) is 12.1 Å². The molecule has 0 spiro atoms. The molecule has 2 rings (SSSR count). The zero-order valence-electron chi connectivity index (χ0n) is 15.8. The van der Waals surface area contributed by atoms with E-state index < -0.39 is 74.9 Å². The van der Waals surface area contributed by atoms with Crippen LogP contribution in [0.4, 0.5) is 26.3 Å². The molecule has 34 heavy (non-hydrogen) atoms. The molecule has 0 heterocycles. The molecule has 0 aromatic heterocycles. The number of esters is 2. The van der Waals surface area contributed by atoms with Crippen LogP contribution in [-0.4, -0.2) is 41.9 Å². The molecular weight excluding hydrogens is 732 g/mol. The van der Waals surface area contributed by atoms with Gasteiger partial charge in [0.1, 0.15) is 23.5 Å². The van der Waals surface area contributed by atoms with Crippen LogP contribution in [0.25, 0.3) is 0 Å². The van der Waals surface area contributed by atoms with E-state index in [0.717, 1.165) is 0 Å². The predicted molar refractivity (Wildman–Crippen MR) is 116 cm³/mol. The van der Waals surface area contributed by atoms with E-state index in [2.05, 4.69) is 9.47 Å². The lowest BCUT2D eigenvalue weighted by molar-refractivity contribution is -0.0101. The summed E-state index contributed by atoms with van der Waals surface area (Å²) in [7, 11) is -6.12. The first-order valence-electron chi connectivity index (χ1n) is 8.21. The fraction of sp³-hybridized carbons (Fsp3) is 0.176. The summed E-state index contributed by atoms with van der Waals surface area (Å²) in [5, 5.41) is 4.86. The quantitative estimate of drug-likeness (QED) is 0.108. The molecule has 0 aliphatic carbocycles. The summed E-state index contributed by atoms with van der Waals surface area (Å²) in [5.41, 5.74) is -3.98. The molecule has 0 saturated carbocycles. The van der Waals surface area contributed by atoms with E-state index in [0.29, 0.717) is 7.14 Å². The van der Waals surface area contributed by atoms with Gasteiger partial charge in [-0.25, -0.2) is 27.2 Å². The van der Waals surface area contributed by atoms with E-state index in [9.17, 15) is 49.5 Å². The lowest BCUT2D eigenvalue weighted by Crippen LogP contribution is -2.35. The van der Waals surface area contributed by atoms with Crippen molar-refractivity contribution in [3.63, 3.8) is 0 Å². The molecule has 8 nitrogen and oxygen atoms in total. The minimum atomic E-state index is -6.12. The number of ether oxygens (including phenoxy) is 2. The van der Waals surface area contributed by atoms with Crippen LogP contribution in [0.2, 0.25) is 0 Å². The highest BCUT2D eigenvalue weighted by molar-refractivity contribution is 14.1. The molecule has 0 aliphatic heterocycles. The van der Waals surface area contributed by atoms with Gasteiger partial charge in [0.2, 0.25) is 0 Å². The Morgan fingerprint density at radius 3 is 1.85 bits per heavy atom. The molecular formula is C17H8F6I2O8S. The fourth-order valence-electron chi connectivity index (χ4n) is 2.26. The van der Waals surface area contributed by atoms with Gasteiger partial charge in [-0.3, -0.25) is 4.55 Å². The molecule has 0 amide bonds. The number of halogens is 8. The number of carbonyl (C=O) groups excluding carboxylic acids is 2.